The number of nitrogens with one attached hydrogen (secondary N) is 2. The number of H-pyrrole nitrogens is 1. The van der Waals surface area contributed by atoms with Crippen LogP contribution in [0.5, 0.6) is 0 Å². The summed E-state index contributed by atoms with van der Waals surface area (Å²) in [7, 11) is 0. The molecule has 0 aliphatic carbocycles. The molecule has 0 radical (unpaired) electrons. The molecule has 4 rings (SSSR count). The van der Waals surface area contributed by atoms with Crippen molar-refractivity contribution in [3.8, 4) is 0 Å². The zero-order chi connectivity index (χ0) is 14.2. The quantitative estimate of drug-likeness (QED) is 0.746. The number of aromatic amines is 1. The predicted octanol–water partition coefficient (Wildman–Crippen LogP) is 4.52. The number of anilines is 1. The minimum Gasteiger partial charge on any atom is -0.384 e. The molecule has 3 nitrogen and oxygen atoms in total. The van der Waals surface area contributed by atoms with Gasteiger partial charge in [0.25, 0.3) is 0 Å². The standard InChI is InChI=1S/C16H14ClN3S/c17-11-1-4-16-13(5-11)10(8-21-16)7-18-12-2-3-14-15(6-12)20-9-19-14/h1-6,9-10,18H,7-8H2,(H,19,20). The number of hydrogen-bond acceptors (Lipinski definition) is 3. The van der Waals surface area contributed by atoms with E-state index in [4.69, 9.17) is 11.6 Å². The van der Waals surface area contributed by atoms with Crippen LogP contribution in [0.3, 0.4) is 0 Å². The van der Waals surface area contributed by atoms with Crippen LogP contribution >= 0.6 is 23.4 Å². The van der Waals surface area contributed by atoms with E-state index in [1.165, 1.54) is 10.5 Å². The molecule has 0 bridgehead atoms. The summed E-state index contributed by atoms with van der Waals surface area (Å²) in [6, 6.07) is 12.4. The molecule has 0 saturated heterocycles. The molecule has 5 heteroatoms. The zero-order valence-electron chi connectivity index (χ0n) is 11.3. The maximum atomic E-state index is 6.12. The Bertz CT molecular complexity index is 799. The summed E-state index contributed by atoms with van der Waals surface area (Å²) >= 11 is 8.03. The fourth-order valence-corrected chi connectivity index (χ4v) is 4.12. The van der Waals surface area contributed by atoms with Gasteiger partial charge in [-0.25, -0.2) is 4.98 Å². The van der Waals surface area contributed by atoms with Crippen molar-refractivity contribution in [1.29, 1.82) is 0 Å². The number of halogens is 1. The van der Waals surface area contributed by atoms with Crippen LogP contribution in [0.2, 0.25) is 5.02 Å². The molecule has 2 heterocycles. The van der Waals surface area contributed by atoms with Gasteiger partial charge in [-0.2, -0.15) is 0 Å². The SMILES string of the molecule is Clc1ccc2c(c1)C(CNc1ccc3nc[nH]c3c1)CS2. The van der Waals surface area contributed by atoms with Crippen molar-refractivity contribution in [3.05, 3.63) is 53.3 Å². The lowest BCUT2D eigenvalue weighted by Crippen LogP contribution is -2.12. The van der Waals surface area contributed by atoms with E-state index in [2.05, 4.69) is 39.6 Å². The lowest BCUT2D eigenvalue weighted by Gasteiger charge is -2.13. The highest BCUT2D eigenvalue weighted by atomic mass is 35.5. The summed E-state index contributed by atoms with van der Waals surface area (Å²) in [5.74, 6) is 1.61. The summed E-state index contributed by atoms with van der Waals surface area (Å²) in [5.41, 5.74) is 4.54. The highest BCUT2D eigenvalue weighted by Gasteiger charge is 2.23. The van der Waals surface area contributed by atoms with E-state index in [0.29, 0.717) is 5.92 Å². The van der Waals surface area contributed by atoms with Crippen LogP contribution in [0.25, 0.3) is 11.0 Å². The second-order valence-electron chi connectivity index (χ2n) is 5.21. The molecule has 2 aromatic carbocycles. The topological polar surface area (TPSA) is 40.7 Å². The fourth-order valence-electron chi connectivity index (χ4n) is 2.71. The van der Waals surface area contributed by atoms with Gasteiger partial charge in [0.2, 0.25) is 0 Å². The van der Waals surface area contributed by atoms with E-state index in [-0.39, 0.29) is 0 Å². The first-order chi connectivity index (χ1) is 10.3. The molecule has 2 N–H and O–H groups in total. The van der Waals surface area contributed by atoms with Crippen molar-refractivity contribution in [1.82, 2.24) is 9.97 Å². The second kappa shape index (κ2) is 5.28. The van der Waals surface area contributed by atoms with Gasteiger partial charge in [-0.15, -0.1) is 11.8 Å². The Morgan fingerprint density at radius 1 is 1.29 bits per heavy atom. The van der Waals surface area contributed by atoms with Gasteiger partial charge >= 0.3 is 0 Å². The molecular formula is C16H14ClN3S. The molecule has 0 spiro atoms. The summed E-state index contributed by atoms with van der Waals surface area (Å²) in [6.07, 6.45) is 1.72. The number of imidazole rings is 1. The Morgan fingerprint density at radius 2 is 2.24 bits per heavy atom. The second-order valence-corrected chi connectivity index (χ2v) is 6.70. The van der Waals surface area contributed by atoms with Crippen molar-refractivity contribution in [2.24, 2.45) is 0 Å². The van der Waals surface area contributed by atoms with Crippen LogP contribution in [-0.2, 0) is 0 Å². The minimum absolute atomic E-state index is 0.501. The third-order valence-corrected chi connectivity index (χ3v) is 5.31. The fraction of sp³-hybridized carbons (Fsp3) is 0.188. The van der Waals surface area contributed by atoms with Crippen molar-refractivity contribution in [2.45, 2.75) is 10.8 Å². The molecule has 0 amide bonds. The van der Waals surface area contributed by atoms with Gasteiger partial charge in [0.1, 0.15) is 0 Å². The van der Waals surface area contributed by atoms with Gasteiger partial charge in [0.05, 0.1) is 17.4 Å². The molecule has 1 unspecified atom stereocenters. The summed E-state index contributed by atoms with van der Waals surface area (Å²) < 4.78 is 0. The minimum atomic E-state index is 0.501. The molecule has 106 valence electrons. The number of rotatable bonds is 3. The Morgan fingerprint density at radius 3 is 3.19 bits per heavy atom. The number of hydrogen-bond donors (Lipinski definition) is 2. The molecule has 21 heavy (non-hydrogen) atoms. The van der Waals surface area contributed by atoms with Gasteiger partial charge in [0, 0.05) is 33.8 Å². The molecule has 1 atom stereocenters. The van der Waals surface area contributed by atoms with Gasteiger partial charge in [0.15, 0.2) is 0 Å². The lowest BCUT2D eigenvalue weighted by atomic mass is 10.0. The first-order valence-corrected chi connectivity index (χ1v) is 8.25. The van der Waals surface area contributed by atoms with Crippen LogP contribution in [0, 0.1) is 0 Å². The molecule has 1 aliphatic heterocycles. The monoisotopic (exact) mass is 315 g/mol. The molecule has 0 saturated carbocycles. The third-order valence-electron chi connectivity index (χ3n) is 3.82. The van der Waals surface area contributed by atoms with Gasteiger partial charge in [-0.3, -0.25) is 0 Å². The molecule has 0 fully saturated rings. The number of fused-ring (bicyclic) bond motifs is 2. The molecular weight excluding hydrogens is 302 g/mol. The van der Waals surface area contributed by atoms with Crippen LogP contribution in [-0.4, -0.2) is 22.3 Å². The number of nitrogens with zero attached hydrogens (tertiary/aromatic N) is 1. The van der Waals surface area contributed by atoms with Crippen molar-refractivity contribution in [3.63, 3.8) is 0 Å². The maximum absolute atomic E-state index is 6.12. The van der Waals surface area contributed by atoms with E-state index < -0.39 is 0 Å². The number of thioether (sulfide) groups is 1. The third kappa shape index (κ3) is 2.49. The van der Waals surface area contributed by atoms with Crippen molar-refractivity contribution < 1.29 is 0 Å². The Labute approximate surface area is 132 Å². The molecule has 1 aliphatic rings. The summed E-state index contributed by atoms with van der Waals surface area (Å²) in [6.45, 7) is 0.917. The maximum Gasteiger partial charge on any atom is 0.0931 e. The Hall–Kier alpha value is -1.65. The van der Waals surface area contributed by atoms with E-state index in [9.17, 15) is 0 Å². The average molecular weight is 316 g/mol. The molecule has 1 aromatic heterocycles. The van der Waals surface area contributed by atoms with Crippen LogP contribution < -0.4 is 5.32 Å². The van der Waals surface area contributed by atoms with Gasteiger partial charge in [-0.05, 0) is 42.0 Å². The van der Waals surface area contributed by atoms with Crippen LogP contribution in [0.4, 0.5) is 5.69 Å². The van der Waals surface area contributed by atoms with E-state index in [1.807, 2.05) is 23.9 Å². The highest BCUT2D eigenvalue weighted by molar-refractivity contribution is 7.99. The molecule has 3 aromatic rings. The smallest absolute Gasteiger partial charge is 0.0931 e. The normalized spacial score (nSPS) is 17.1. The van der Waals surface area contributed by atoms with Crippen LogP contribution in [0.1, 0.15) is 11.5 Å². The van der Waals surface area contributed by atoms with Crippen LogP contribution in [0.15, 0.2) is 47.6 Å². The van der Waals surface area contributed by atoms with E-state index in [1.54, 1.807) is 6.33 Å². The predicted molar refractivity (Wildman–Crippen MR) is 89.5 cm³/mol. The lowest BCUT2D eigenvalue weighted by molar-refractivity contribution is 0.819. The Kier molecular flexibility index (Phi) is 3.28. The Balaban J connectivity index is 1.51. The van der Waals surface area contributed by atoms with E-state index >= 15 is 0 Å². The largest absolute Gasteiger partial charge is 0.384 e. The van der Waals surface area contributed by atoms with Gasteiger partial charge in [-0.1, -0.05) is 11.6 Å². The number of benzene rings is 2. The van der Waals surface area contributed by atoms with E-state index in [0.717, 1.165) is 34.0 Å². The average Bonchev–Trinajstić information content (AvgIpc) is 3.10. The van der Waals surface area contributed by atoms with Crippen molar-refractivity contribution >= 4 is 40.1 Å². The highest BCUT2D eigenvalue weighted by Crippen LogP contribution is 2.40. The zero-order valence-corrected chi connectivity index (χ0v) is 12.8. The number of aromatic nitrogens is 2. The van der Waals surface area contributed by atoms with Crippen molar-refractivity contribution in [2.75, 3.05) is 17.6 Å². The first-order valence-electron chi connectivity index (χ1n) is 6.89. The summed E-state index contributed by atoms with van der Waals surface area (Å²) in [5, 5.41) is 4.34. The first kappa shape index (κ1) is 13.0. The summed E-state index contributed by atoms with van der Waals surface area (Å²) in [4.78, 5) is 8.73. The van der Waals surface area contributed by atoms with Gasteiger partial charge < -0.3 is 10.3 Å².